The number of benzene rings is 1. The van der Waals surface area contributed by atoms with Gasteiger partial charge in [0.05, 0.1) is 18.5 Å². The normalized spacial score (nSPS) is 25.0. The van der Waals surface area contributed by atoms with E-state index in [1.54, 1.807) is 11.3 Å². The Morgan fingerprint density at radius 3 is 3.04 bits per heavy atom. The van der Waals surface area contributed by atoms with Crippen molar-refractivity contribution in [2.24, 2.45) is 0 Å². The largest absolute Gasteiger partial charge is 0.486 e. The number of aromatic nitrogens is 1. The van der Waals surface area contributed by atoms with E-state index in [4.69, 9.17) is 4.74 Å². The van der Waals surface area contributed by atoms with Gasteiger partial charge in [0.1, 0.15) is 16.4 Å². The van der Waals surface area contributed by atoms with Crippen LogP contribution in [0.4, 0.5) is 0 Å². The van der Waals surface area contributed by atoms with Gasteiger partial charge in [-0.2, -0.15) is 0 Å². The van der Waals surface area contributed by atoms with Crippen LogP contribution < -0.4 is 4.74 Å². The molecule has 4 nitrogen and oxygen atoms in total. The number of ether oxygens (including phenoxy) is 1. The molecule has 1 atom stereocenters. The van der Waals surface area contributed by atoms with Crippen LogP contribution >= 0.6 is 11.3 Å². The first-order valence-corrected chi connectivity index (χ1v) is 9.04. The van der Waals surface area contributed by atoms with Gasteiger partial charge in [-0.25, -0.2) is 4.98 Å². The molecule has 0 bridgehead atoms. The molecule has 0 radical (unpaired) electrons. The number of hydrogen-bond donors (Lipinski definition) is 0. The van der Waals surface area contributed by atoms with Crippen molar-refractivity contribution in [3.63, 3.8) is 0 Å². The lowest BCUT2D eigenvalue weighted by atomic mass is 9.84. The number of para-hydroxylation sites is 1. The molecular formula is C18H20N2O2S. The lowest BCUT2D eigenvalue weighted by Gasteiger charge is -2.37. The van der Waals surface area contributed by atoms with E-state index in [9.17, 15) is 4.79 Å². The second-order valence-electron chi connectivity index (χ2n) is 6.44. The van der Waals surface area contributed by atoms with Crippen molar-refractivity contribution in [3.05, 3.63) is 46.4 Å². The number of fused-ring (bicyclic) bond motifs is 1. The summed E-state index contributed by atoms with van der Waals surface area (Å²) < 4.78 is 6.33. The van der Waals surface area contributed by atoms with Gasteiger partial charge in [-0.15, -0.1) is 11.3 Å². The summed E-state index contributed by atoms with van der Waals surface area (Å²) in [6.45, 7) is 2.90. The fourth-order valence-corrected chi connectivity index (χ4v) is 4.28. The first-order valence-electron chi connectivity index (χ1n) is 8.16. The molecule has 1 saturated heterocycles. The minimum Gasteiger partial charge on any atom is -0.486 e. The quantitative estimate of drug-likeness (QED) is 0.846. The van der Waals surface area contributed by atoms with Crippen molar-refractivity contribution >= 4 is 17.1 Å². The minimum absolute atomic E-state index is 0.222. The Bertz CT molecular complexity index is 701. The zero-order valence-corrected chi connectivity index (χ0v) is 13.8. The van der Waals surface area contributed by atoms with Crippen LogP contribution in [-0.4, -0.2) is 34.4 Å². The maximum atomic E-state index is 12.5. The maximum absolute atomic E-state index is 12.5. The first-order chi connectivity index (χ1) is 11.2. The highest BCUT2D eigenvalue weighted by atomic mass is 32.1. The summed E-state index contributed by atoms with van der Waals surface area (Å²) in [4.78, 5) is 19.3. The number of thiazole rings is 1. The third-order valence-electron chi connectivity index (χ3n) is 4.83. The highest BCUT2D eigenvalue weighted by Crippen LogP contribution is 2.39. The van der Waals surface area contributed by atoms with Crippen LogP contribution in [0.2, 0.25) is 0 Å². The zero-order chi connectivity index (χ0) is 15.7. The Labute approximate surface area is 140 Å². The summed E-state index contributed by atoms with van der Waals surface area (Å²) in [7, 11) is 0. The van der Waals surface area contributed by atoms with Crippen molar-refractivity contribution in [2.45, 2.75) is 37.8 Å². The van der Waals surface area contributed by atoms with E-state index >= 15 is 0 Å². The molecule has 2 aliphatic rings. The SMILES string of the molecule is O=C1CC2(CCCN(Cc3nccs3)CC2)Oc2ccccc21. The van der Waals surface area contributed by atoms with Crippen LogP contribution in [-0.2, 0) is 6.54 Å². The molecule has 23 heavy (non-hydrogen) atoms. The molecule has 1 fully saturated rings. The second kappa shape index (κ2) is 6.06. The molecule has 5 heteroatoms. The predicted molar refractivity (Wildman–Crippen MR) is 90.0 cm³/mol. The Balaban J connectivity index is 1.49. The number of hydrogen-bond acceptors (Lipinski definition) is 5. The molecule has 4 rings (SSSR count). The Morgan fingerprint density at radius 2 is 2.17 bits per heavy atom. The van der Waals surface area contributed by atoms with Gasteiger partial charge in [-0.1, -0.05) is 12.1 Å². The first kappa shape index (κ1) is 14.8. The summed E-state index contributed by atoms with van der Waals surface area (Å²) in [5.41, 5.74) is 0.422. The van der Waals surface area contributed by atoms with E-state index in [1.165, 1.54) is 0 Å². The van der Waals surface area contributed by atoms with Crippen molar-refractivity contribution in [3.8, 4) is 5.75 Å². The molecule has 1 spiro atoms. The monoisotopic (exact) mass is 328 g/mol. The molecule has 1 aromatic heterocycles. The van der Waals surface area contributed by atoms with Crippen LogP contribution in [0.25, 0.3) is 0 Å². The lowest BCUT2D eigenvalue weighted by Crippen LogP contribution is -2.42. The second-order valence-corrected chi connectivity index (χ2v) is 7.42. The lowest BCUT2D eigenvalue weighted by molar-refractivity contribution is 0.0299. The Kier molecular flexibility index (Phi) is 3.91. The van der Waals surface area contributed by atoms with E-state index in [2.05, 4.69) is 9.88 Å². The topological polar surface area (TPSA) is 42.4 Å². The van der Waals surface area contributed by atoms with Crippen LogP contribution in [0.3, 0.4) is 0 Å². The van der Waals surface area contributed by atoms with Gasteiger partial charge in [0.25, 0.3) is 0 Å². The average Bonchev–Trinajstić information content (AvgIpc) is 2.98. The van der Waals surface area contributed by atoms with Crippen molar-refractivity contribution in [1.82, 2.24) is 9.88 Å². The number of rotatable bonds is 2. The highest BCUT2D eigenvalue weighted by Gasteiger charge is 2.41. The van der Waals surface area contributed by atoms with Crippen LogP contribution in [0, 0.1) is 0 Å². The molecule has 120 valence electrons. The highest BCUT2D eigenvalue weighted by molar-refractivity contribution is 7.09. The fourth-order valence-electron chi connectivity index (χ4n) is 3.63. The van der Waals surface area contributed by atoms with Gasteiger partial charge in [0.2, 0.25) is 0 Å². The molecule has 1 unspecified atom stereocenters. The van der Waals surface area contributed by atoms with Crippen LogP contribution in [0.1, 0.15) is 41.0 Å². The molecule has 1 aromatic carbocycles. The predicted octanol–water partition coefficient (Wildman–Crippen LogP) is 3.53. The van der Waals surface area contributed by atoms with Gasteiger partial charge in [-0.05, 0) is 31.5 Å². The van der Waals surface area contributed by atoms with Crippen molar-refractivity contribution in [2.75, 3.05) is 13.1 Å². The van der Waals surface area contributed by atoms with E-state index < -0.39 is 0 Å². The Hall–Kier alpha value is -1.72. The summed E-state index contributed by atoms with van der Waals surface area (Å²) in [6, 6.07) is 7.64. The average molecular weight is 328 g/mol. The molecule has 2 aliphatic heterocycles. The van der Waals surface area contributed by atoms with Gasteiger partial charge in [-0.3, -0.25) is 9.69 Å². The van der Waals surface area contributed by atoms with Gasteiger partial charge in [0.15, 0.2) is 5.78 Å². The van der Waals surface area contributed by atoms with E-state index in [0.717, 1.165) is 55.2 Å². The van der Waals surface area contributed by atoms with E-state index in [-0.39, 0.29) is 11.4 Å². The summed E-state index contributed by atoms with van der Waals surface area (Å²) in [5, 5.41) is 3.18. The number of nitrogens with zero attached hydrogens (tertiary/aromatic N) is 2. The standard InChI is InChI=1S/C18H20N2O2S/c21-15-12-18(22-16-5-2-1-4-14(15)16)6-3-9-20(10-7-18)13-17-19-8-11-23-17/h1-2,4-5,8,11H,3,6-7,9-10,12-13H2. The molecule has 0 aliphatic carbocycles. The van der Waals surface area contributed by atoms with Gasteiger partial charge >= 0.3 is 0 Å². The van der Waals surface area contributed by atoms with E-state index in [0.29, 0.717) is 6.42 Å². The summed E-state index contributed by atoms with van der Waals surface area (Å²) in [6.07, 6.45) is 5.27. The van der Waals surface area contributed by atoms with E-state index in [1.807, 2.05) is 35.8 Å². The maximum Gasteiger partial charge on any atom is 0.170 e. The minimum atomic E-state index is -0.316. The molecule has 0 N–H and O–H groups in total. The number of ketones is 1. The van der Waals surface area contributed by atoms with Gasteiger partial charge < -0.3 is 4.74 Å². The van der Waals surface area contributed by atoms with Crippen LogP contribution in [0.5, 0.6) is 5.75 Å². The number of carbonyl (C=O) groups is 1. The molecule has 0 amide bonds. The van der Waals surface area contributed by atoms with Gasteiger partial charge in [0, 0.05) is 24.5 Å². The molecule has 2 aromatic rings. The molecular weight excluding hydrogens is 308 g/mol. The fraction of sp³-hybridized carbons (Fsp3) is 0.444. The third kappa shape index (κ3) is 3.03. The number of Topliss-reactive ketones (excluding diaryl/α,β-unsaturated/α-hetero) is 1. The van der Waals surface area contributed by atoms with Crippen molar-refractivity contribution in [1.29, 1.82) is 0 Å². The molecule has 3 heterocycles. The summed E-state index contributed by atoms with van der Waals surface area (Å²) >= 11 is 1.70. The number of carbonyl (C=O) groups excluding carboxylic acids is 1. The summed E-state index contributed by atoms with van der Waals surface area (Å²) in [5.74, 6) is 0.984. The zero-order valence-electron chi connectivity index (χ0n) is 13.0. The number of likely N-dealkylation sites (tertiary alicyclic amines) is 1. The molecule has 0 saturated carbocycles. The van der Waals surface area contributed by atoms with Crippen LogP contribution in [0.15, 0.2) is 35.8 Å². The Morgan fingerprint density at radius 1 is 1.26 bits per heavy atom. The van der Waals surface area contributed by atoms with Crippen molar-refractivity contribution < 1.29 is 9.53 Å². The smallest absolute Gasteiger partial charge is 0.170 e. The third-order valence-corrected chi connectivity index (χ3v) is 5.59.